The molecule has 0 fully saturated rings. The molecule has 0 aliphatic heterocycles. The molecule has 0 aromatic heterocycles. The van der Waals surface area contributed by atoms with Crippen LogP contribution in [0.4, 0.5) is 0 Å². The highest BCUT2D eigenvalue weighted by Gasteiger charge is 2.23. The van der Waals surface area contributed by atoms with E-state index in [-0.39, 0.29) is 25.9 Å². The van der Waals surface area contributed by atoms with Crippen LogP contribution in [-0.4, -0.2) is 49.8 Å². The van der Waals surface area contributed by atoms with Crippen molar-refractivity contribution in [1.29, 1.82) is 0 Å². The molecule has 0 aromatic rings. The van der Waals surface area contributed by atoms with Crippen LogP contribution < -0.4 is 0 Å². The predicted octanol–water partition coefficient (Wildman–Crippen LogP) is 4.25. The zero-order valence-electron chi connectivity index (χ0n) is 21.0. The maximum absolute atomic E-state index is 11.2. The Morgan fingerprint density at radius 1 is 0.667 bits per heavy atom. The molecule has 0 aromatic carbocycles. The number of ether oxygens (including phenoxy) is 4. The zero-order valence-corrected chi connectivity index (χ0v) is 21.0. The monoisotopic (exact) mass is 466 g/mol. The standard InChI is InChI=1S/C13H20O4.C12H18O4/c1-9(2)11(14)16-7-13(5,6)8-17-12(15)10(3)4;1-8(2)11(13)15-7-6-10(5)16-12(14)9(3)4/h1,3,7-8H2,2,4-6H3;10H,1,3,6-7H2,2,4-5H3. The second-order valence-electron chi connectivity index (χ2n) is 8.58. The average Bonchev–Trinajstić information content (AvgIpc) is 2.70. The first-order chi connectivity index (χ1) is 15.0. The first-order valence-electron chi connectivity index (χ1n) is 10.3. The molecule has 0 aliphatic rings. The maximum Gasteiger partial charge on any atom is 0.333 e. The Balaban J connectivity index is 0. The molecule has 0 spiro atoms. The normalized spacial score (nSPS) is 11.0. The van der Waals surface area contributed by atoms with E-state index < -0.39 is 29.3 Å². The summed E-state index contributed by atoms with van der Waals surface area (Å²) in [6, 6.07) is 0. The van der Waals surface area contributed by atoms with E-state index in [1.54, 1.807) is 34.6 Å². The lowest BCUT2D eigenvalue weighted by Crippen LogP contribution is -2.28. The summed E-state index contributed by atoms with van der Waals surface area (Å²) >= 11 is 0. The molecule has 0 rings (SSSR count). The largest absolute Gasteiger partial charge is 0.462 e. The smallest absolute Gasteiger partial charge is 0.333 e. The fraction of sp³-hybridized carbons (Fsp3) is 0.520. The van der Waals surface area contributed by atoms with Crippen LogP contribution in [0.2, 0.25) is 0 Å². The van der Waals surface area contributed by atoms with E-state index >= 15 is 0 Å². The SMILES string of the molecule is C=C(C)C(=O)OCC(C)(C)COC(=O)C(=C)C.C=C(C)C(=O)OCCC(C)OC(=O)C(=C)C. The van der Waals surface area contributed by atoms with Crippen LogP contribution in [0, 0.1) is 5.41 Å². The van der Waals surface area contributed by atoms with Gasteiger partial charge in [-0.2, -0.15) is 0 Å². The van der Waals surface area contributed by atoms with Crippen molar-refractivity contribution in [2.75, 3.05) is 19.8 Å². The minimum atomic E-state index is -0.440. The summed E-state index contributed by atoms with van der Waals surface area (Å²) in [4.78, 5) is 44.5. The quantitative estimate of drug-likeness (QED) is 0.239. The zero-order chi connectivity index (χ0) is 26.4. The number of rotatable bonds is 12. The van der Waals surface area contributed by atoms with Gasteiger partial charge in [0.1, 0.15) is 6.10 Å². The van der Waals surface area contributed by atoms with Gasteiger partial charge in [-0.3, -0.25) is 0 Å². The van der Waals surface area contributed by atoms with E-state index in [1.807, 2.05) is 13.8 Å². The summed E-state index contributed by atoms with van der Waals surface area (Å²) in [5.74, 6) is -1.74. The highest BCUT2D eigenvalue weighted by molar-refractivity contribution is 5.88. The molecular formula is C25H38O8. The third-order valence-corrected chi connectivity index (χ3v) is 3.65. The fourth-order valence-electron chi connectivity index (χ4n) is 1.59. The van der Waals surface area contributed by atoms with Gasteiger partial charge < -0.3 is 18.9 Å². The van der Waals surface area contributed by atoms with Gasteiger partial charge >= 0.3 is 23.9 Å². The second-order valence-corrected chi connectivity index (χ2v) is 8.58. The molecule has 0 saturated heterocycles. The molecule has 33 heavy (non-hydrogen) atoms. The minimum Gasteiger partial charge on any atom is -0.462 e. The van der Waals surface area contributed by atoms with Gasteiger partial charge in [0.25, 0.3) is 0 Å². The van der Waals surface area contributed by atoms with Gasteiger partial charge in [-0.1, -0.05) is 40.2 Å². The van der Waals surface area contributed by atoms with Crippen molar-refractivity contribution in [3.63, 3.8) is 0 Å². The van der Waals surface area contributed by atoms with Crippen molar-refractivity contribution in [3.05, 3.63) is 48.6 Å². The summed E-state index contributed by atoms with van der Waals surface area (Å²) in [6.07, 6.45) is 0.153. The molecule has 0 bridgehead atoms. The van der Waals surface area contributed by atoms with E-state index in [2.05, 4.69) is 26.3 Å². The van der Waals surface area contributed by atoms with E-state index in [4.69, 9.17) is 18.9 Å². The van der Waals surface area contributed by atoms with Gasteiger partial charge in [0.2, 0.25) is 0 Å². The molecule has 0 saturated carbocycles. The first kappa shape index (κ1) is 32.0. The van der Waals surface area contributed by atoms with Crippen LogP contribution in [0.3, 0.4) is 0 Å². The number of hydrogen-bond donors (Lipinski definition) is 0. The third-order valence-electron chi connectivity index (χ3n) is 3.65. The first-order valence-corrected chi connectivity index (χ1v) is 10.3. The second kappa shape index (κ2) is 15.6. The van der Waals surface area contributed by atoms with E-state index in [0.29, 0.717) is 28.7 Å². The number of carbonyl (C=O) groups excluding carboxylic acids is 4. The Morgan fingerprint density at radius 2 is 1.00 bits per heavy atom. The molecule has 0 radical (unpaired) electrons. The van der Waals surface area contributed by atoms with Gasteiger partial charge in [-0.25, -0.2) is 19.2 Å². The van der Waals surface area contributed by atoms with Crippen LogP contribution >= 0.6 is 0 Å². The van der Waals surface area contributed by atoms with Crippen molar-refractivity contribution in [1.82, 2.24) is 0 Å². The number of hydrogen-bond acceptors (Lipinski definition) is 8. The van der Waals surface area contributed by atoms with Crippen molar-refractivity contribution in [2.45, 2.75) is 61.0 Å². The number of esters is 4. The molecule has 0 aliphatic carbocycles. The molecule has 1 unspecified atom stereocenters. The summed E-state index contributed by atoms with van der Waals surface area (Å²) in [7, 11) is 0. The van der Waals surface area contributed by atoms with Crippen LogP contribution in [0.1, 0.15) is 54.9 Å². The van der Waals surface area contributed by atoms with Gasteiger partial charge in [0.15, 0.2) is 0 Å². The lowest BCUT2D eigenvalue weighted by Gasteiger charge is -2.23. The van der Waals surface area contributed by atoms with Crippen LogP contribution in [0.5, 0.6) is 0 Å². The van der Waals surface area contributed by atoms with Gasteiger partial charge in [0, 0.05) is 34.1 Å². The van der Waals surface area contributed by atoms with Gasteiger partial charge in [-0.15, -0.1) is 0 Å². The Hall–Kier alpha value is -3.16. The van der Waals surface area contributed by atoms with E-state index in [1.165, 1.54) is 0 Å². The Bertz CT molecular complexity index is 741. The highest BCUT2D eigenvalue weighted by atomic mass is 16.6. The molecule has 0 N–H and O–H groups in total. The number of carbonyl (C=O) groups is 4. The summed E-state index contributed by atoms with van der Waals surface area (Å²) in [5, 5.41) is 0. The Kier molecular flexibility index (Phi) is 15.1. The fourth-order valence-corrected chi connectivity index (χ4v) is 1.59. The van der Waals surface area contributed by atoms with E-state index in [9.17, 15) is 19.2 Å². The van der Waals surface area contributed by atoms with Crippen LogP contribution in [0.15, 0.2) is 48.6 Å². The minimum absolute atomic E-state index is 0.169. The van der Waals surface area contributed by atoms with Crippen LogP contribution in [0.25, 0.3) is 0 Å². The summed E-state index contributed by atoms with van der Waals surface area (Å²) < 4.78 is 19.9. The maximum atomic E-state index is 11.2. The van der Waals surface area contributed by atoms with Crippen molar-refractivity contribution in [2.24, 2.45) is 5.41 Å². The molecule has 0 amide bonds. The molecule has 8 nitrogen and oxygen atoms in total. The van der Waals surface area contributed by atoms with Crippen LogP contribution in [-0.2, 0) is 38.1 Å². The van der Waals surface area contributed by atoms with E-state index in [0.717, 1.165) is 0 Å². The summed E-state index contributed by atoms with van der Waals surface area (Å²) in [5.41, 5.74) is 0.966. The summed E-state index contributed by atoms with van der Waals surface area (Å²) in [6.45, 7) is 26.1. The molecule has 8 heteroatoms. The predicted molar refractivity (Wildman–Crippen MR) is 126 cm³/mol. The van der Waals surface area contributed by atoms with Gasteiger partial charge in [0.05, 0.1) is 19.8 Å². The molecular weight excluding hydrogens is 428 g/mol. The molecule has 186 valence electrons. The van der Waals surface area contributed by atoms with Crippen molar-refractivity contribution >= 4 is 23.9 Å². The Morgan fingerprint density at radius 3 is 1.33 bits per heavy atom. The highest BCUT2D eigenvalue weighted by Crippen LogP contribution is 2.17. The third kappa shape index (κ3) is 17.1. The molecule has 1 atom stereocenters. The molecule has 0 heterocycles. The lowest BCUT2D eigenvalue weighted by atomic mass is 9.96. The van der Waals surface area contributed by atoms with Crippen molar-refractivity contribution in [3.8, 4) is 0 Å². The average molecular weight is 467 g/mol. The lowest BCUT2D eigenvalue weighted by molar-refractivity contribution is -0.148. The van der Waals surface area contributed by atoms with Gasteiger partial charge in [-0.05, 0) is 34.6 Å². The topological polar surface area (TPSA) is 105 Å². The van der Waals surface area contributed by atoms with Crippen molar-refractivity contribution < 1.29 is 38.1 Å². The Labute approximate surface area is 197 Å².